The van der Waals surface area contributed by atoms with Crippen molar-refractivity contribution < 1.29 is 22.7 Å². The van der Waals surface area contributed by atoms with E-state index in [1.807, 2.05) is 0 Å². The van der Waals surface area contributed by atoms with Gasteiger partial charge >= 0.3 is 6.18 Å². The molecule has 0 spiro atoms. The van der Waals surface area contributed by atoms with E-state index in [4.69, 9.17) is 4.74 Å². The lowest BCUT2D eigenvalue weighted by molar-refractivity contribution is -0.138. The molecule has 1 aliphatic rings. The molecule has 1 heterocycles. The summed E-state index contributed by atoms with van der Waals surface area (Å²) in [5.74, 6) is -0.442. The van der Waals surface area contributed by atoms with Crippen LogP contribution in [0.4, 0.5) is 13.2 Å². The van der Waals surface area contributed by atoms with Crippen LogP contribution in [0, 0.1) is 0 Å². The van der Waals surface area contributed by atoms with E-state index >= 15 is 0 Å². The molecule has 4 nitrogen and oxygen atoms in total. The minimum absolute atomic E-state index is 0. The average Bonchev–Trinajstić information content (AvgIpc) is 2.85. The molecule has 2 unspecified atom stereocenters. The number of ether oxygens (including phenoxy) is 1. The van der Waals surface area contributed by atoms with Crippen molar-refractivity contribution in [1.29, 1.82) is 0 Å². The molecule has 1 fully saturated rings. The maximum Gasteiger partial charge on any atom is 0.416 e. The lowest BCUT2D eigenvalue weighted by Crippen LogP contribution is -2.44. The predicted molar refractivity (Wildman–Crippen MR) is 78.0 cm³/mol. The fraction of sp³-hybridized carbons (Fsp3) is 0.500. The first kappa shape index (κ1) is 18.7. The number of benzene rings is 1. The summed E-state index contributed by atoms with van der Waals surface area (Å²) >= 11 is 0. The fourth-order valence-electron chi connectivity index (χ4n) is 2.43. The number of alkyl halides is 3. The maximum absolute atomic E-state index is 12.9. The number of nitrogens with one attached hydrogen (secondary N) is 2. The van der Waals surface area contributed by atoms with Crippen molar-refractivity contribution in [3.8, 4) is 0 Å². The Morgan fingerprint density at radius 2 is 2.05 bits per heavy atom. The number of methoxy groups -OCH3 is 1. The Morgan fingerprint density at radius 3 is 2.68 bits per heavy atom. The van der Waals surface area contributed by atoms with Gasteiger partial charge in [0.15, 0.2) is 0 Å². The van der Waals surface area contributed by atoms with Gasteiger partial charge in [0.25, 0.3) is 0 Å². The molecule has 8 heteroatoms. The maximum atomic E-state index is 12.9. The van der Waals surface area contributed by atoms with Crippen LogP contribution in [0.2, 0.25) is 0 Å². The first-order valence-corrected chi connectivity index (χ1v) is 6.60. The summed E-state index contributed by atoms with van der Waals surface area (Å²) in [6, 6.07) is 4.89. The van der Waals surface area contributed by atoms with E-state index in [1.54, 1.807) is 0 Å². The van der Waals surface area contributed by atoms with Crippen molar-refractivity contribution in [2.75, 3.05) is 20.2 Å². The minimum Gasteiger partial charge on any atom is -0.378 e. The second kappa shape index (κ2) is 7.80. The standard InChI is InChI=1S/C14H17F3N2O2.ClH/c1-21-12-8-18-7-11(12)19-13(20)6-9-4-2-3-5-10(9)14(15,16)17;/h2-5,11-12,18H,6-8H2,1H3,(H,19,20);1H. The number of hydrogen-bond acceptors (Lipinski definition) is 3. The molecule has 0 aliphatic carbocycles. The second-order valence-corrected chi connectivity index (χ2v) is 4.94. The Hall–Kier alpha value is -1.31. The van der Waals surface area contributed by atoms with Crippen LogP contribution in [0.25, 0.3) is 0 Å². The van der Waals surface area contributed by atoms with Gasteiger partial charge in [-0.15, -0.1) is 12.4 Å². The van der Waals surface area contributed by atoms with Gasteiger partial charge in [-0.25, -0.2) is 0 Å². The van der Waals surface area contributed by atoms with Gasteiger partial charge in [0.1, 0.15) is 0 Å². The van der Waals surface area contributed by atoms with E-state index in [1.165, 1.54) is 25.3 Å². The molecule has 22 heavy (non-hydrogen) atoms. The Morgan fingerprint density at radius 1 is 1.36 bits per heavy atom. The second-order valence-electron chi connectivity index (χ2n) is 4.94. The summed E-state index contributed by atoms with van der Waals surface area (Å²) in [5.41, 5.74) is -0.796. The van der Waals surface area contributed by atoms with Gasteiger partial charge < -0.3 is 15.4 Å². The highest BCUT2D eigenvalue weighted by atomic mass is 35.5. The zero-order valence-corrected chi connectivity index (χ0v) is 12.8. The van der Waals surface area contributed by atoms with Crippen LogP contribution in [0.15, 0.2) is 24.3 Å². The van der Waals surface area contributed by atoms with Gasteiger partial charge in [-0.2, -0.15) is 13.2 Å². The van der Waals surface area contributed by atoms with Crippen LogP contribution in [0.5, 0.6) is 0 Å². The molecule has 2 atom stereocenters. The summed E-state index contributed by atoms with van der Waals surface area (Å²) in [6.07, 6.45) is -4.92. The van der Waals surface area contributed by atoms with Crippen molar-refractivity contribution in [3.63, 3.8) is 0 Å². The average molecular weight is 339 g/mol. The molecule has 1 aromatic carbocycles. The third kappa shape index (κ3) is 4.59. The first-order chi connectivity index (χ1) is 9.91. The topological polar surface area (TPSA) is 50.4 Å². The highest BCUT2D eigenvalue weighted by molar-refractivity contribution is 5.85. The van der Waals surface area contributed by atoms with Crippen molar-refractivity contribution in [2.24, 2.45) is 0 Å². The number of halogens is 4. The van der Waals surface area contributed by atoms with E-state index in [0.717, 1.165) is 6.07 Å². The third-order valence-electron chi connectivity index (χ3n) is 3.48. The molecule has 2 N–H and O–H groups in total. The van der Waals surface area contributed by atoms with Crippen molar-refractivity contribution in [1.82, 2.24) is 10.6 Å². The fourth-order valence-corrected chi connectivity index (χ4v) is 2.43. The number of carbonyl (C=O) groups excluding carboxylic acids is 1. The van der Waals surface area contributed by atoms with Crippen LogP contribution in [0.1, 0.15) is 11.1 Å². The Kier molecular flexibility index (Phi) is 6.65. The normalized spacial score (nSPS) is 21.3. The lowest BCUT2D eigenvalue weighted by atomic mass is 10.0. The molecule has 1 aromatic rings. The van der Waals surface area contributed by atoms with Crippen LogP contribution in [0.3, 0.4) is 0 Å². The van der Waals surface area contributed by atoms with Gasteiger partial charge in [0.2, 0.25) is 5.91 Å². The predicted octanol–water partition coefficient (Wildman–Crippen LogP) is 1.77. The smallest absolute Gasteiger partial charge is 0.378 e. The third-order valence-corrected chi connectivity index (χ3v) is 3.48. The van der Waals surface area contributed by atoms with Gasteiger partial charge in [-0.3, -0.25) is 4.79 Å². The Bertz CT molecular complexity index is 511. The van der Waals surface area contributed by atoms with Gasteiger partial charge in [0, 0.05) is 20.2 Å². The summed E-state index contributed by atoms with van der Waals surface area (Å²) in [5, 5.41) is 5.77. The summed E-state index contributed by atoms with van der Waals surface area (Å²) in [4.78, 5) is 11.9. The van der Waals surface area contributed by atoms with Crippen LogP contribution >= 0.6 is 12.4 Å². The molecular formula is C14H18ClF3N2O2. The molecular weight excluding hydrogens is 321 g/mol. The van der Waals surface area contributed by atoms with Crippen LogP contribution in [-0.2, 0) is 22.1 Å². The Balaban J connectivity index is 0.00000242. The van der Waals surface area contributed by atoms with E-state index in [2.05, 4.69) is 10.6 Å². The minimum atomic E-state index is -4.46. The molecule has 0 bridgehead atoms. The van der Waals surface area contributed by atoms with Gasteiger partial charge in [-0.1, -0.05) is 18.2 Å². The van der Waals surface area contributed by atoms with E-state index in [-0.39, 0.29) is 36.5 Å². The molecule has 2 rings (SSSR count). The quantitative estimate of drug-likeness (QED) is 0.880. The SMILES string of the molecule is COC1CNCC1NC(=O)Cc1ccccc1C(F)(F)F.Cl. The zero-order chi connectivity index (χ0) is 15.5. The first-order valence-electron chi connectivity index (χ1n) is 6.60. The molecule has 0 aromatic heterocycles. The monoisotopic (exact) mass is 338 g/mol. The van der Waals surface area contributed by atoms with Crippen LogP contribution in [-0.4, -0.2) is 38.3 Å². The van der Waals surface area contributed by atoms with Crippen molar-refractivity contribution in [2.45, 2.75) is 24.7 Å². The largest absolute Gasteiger partial charge is 0.416 e. The highest BCUT2D eigenvalue weighted by Crippen LogP contribution is 2.32. The van der Waals surface area contributed by atoms with Gasteiger partial charge in [-0.05, 0) is 11.6 Å². The van der Waals surface area contributed by atoms with Crippen LogP contribution < -0.4 is 10.6 Å². The van der Waals surface area contributed by atoms with E-state index in [0.29, 0.717) is 13.1 Å². The Labute approximate surface area is 132 Å². The molecule has 1 aliphatic heterocycles. The van der Waals surface area contributed by atoms with E-state index < -0.39 is 17.6 Å². The zero-order valence-electron chi connectivity index (χ0n) is 11.9. The molecule has 124 valence electrons. The summed E-state index contributed by atoms with van der Waals surface area (Å²) in [6.45, 7) is 1.16. The molecule has 1 saturated heterocycles. The van der Waals surface area contributed by atoms with E-state index in [9.17, 15) is 18.0 Å². The lowest BCUT2D eigenvalue weighted by Gasteiger charge is -2.19. The van der Waals surface area contributed by atoms with Gasteiger partial charge in [0.05, 0.1) is 24.1 Å². The highest BCUT2D eigenvalue weighted by Gasteiger charge is 2.34. The number of hydrogen-bond donors (Lipinski definition) is 2. The summed E-state index contributed by atoms with van der Waals surface area (Å²) in [7, 11) is 1.54. The molecule has 0 radical (unpaired) electrons. The molecule has 1 amide bonds. The molecule has 0 saturated carbocycles. The van der Waals surface area contributed by atoms with Crippen molar-refractivity contribution >= 4 is 18.3 Å². The number of rotatable bonds is 4. The number of carbonyl (C=O) groups is 1. The summed E-state index contributed by atoms with van der Waals surface area (Å²) < 4.78 is 43.8. The van der Waals surface area contributed by atoms with Crippen molar-refractivity contribution in [3.05, 3.63) is 35.4 Å². The number of amides is 1.